The van der Waals surface area contributed by atoms with Gasteiger partial charge in [-0.2, -0.15) is 0 Å². The summed E-state index contributed by atoms with van der Waals surface area (Å²) >= 11 is 0. The van der Waals surface area contributed by atoms with Crippen LogP contribution in [0.4, 0.5) is 34.1 Å². The average Bonchev–Trinajstić information content (AvgIpc) is 1.53. The quantitative estimate of drug-likeness (QED) is 0.164. The largest absolute Gasteiger partial charge is 0.453 e. The first kappa shape index (κ1) is 50.2. The number of hydrogen-bond acceptors (Lipinski definition) is 4. The zero-order valence-electron chi connectivity index (χ0n) is 50.0. The Labute approximate surface area is 533 Å². The number of ether oxygens (including phenoxy) is 2. The van der Waals surface area contributed by atoms with Crippen LogP contribution in [-0.4, -0.2) is 0 Å². The molecular formula is C88H54N2O2. The van der Waals surface area contributed by atoms with Gasteiger partial charge in [-0.15, -0.1) is 0 Å². The van der Waals surface area contributed by atoms with Gasteiger partial charge < -0.3 is 19.3 Å². The minimum Gasteiger partial charge on any atom is -0.453 e. The molecule has 14 aromatic carbocycles. The number of anilines is 6. The van der Waals surface area contributed by atoms with E-state index >= 15 is 0 Å². The molecule has 0 saturated heterocycles. The number of rotatable bonds is 4. The molecule has 0 bridgehead atoms. The van der Waals surface area contributed by atoms with Crippen LogP contribution >= 0.6 is 0 Å². The van der Waals surface area contributed by atoms with E-state index in [2.05, 4.69) is 313 Å². The van der Waals surface area contributed by atoms with Crippen molar-refractivity contribution in [3.63, 3.8) is 0 Å². The zero-order valence-corrected chi connectivity index (χ0v) is 50.0. The topological polar surface area (TPSA) is 24.9 Å². The molecule has 2 aliphatic heterocycles. The monoisotopic (exact) mass is 1170 g/mol. The van der Waals surface area contributed by atoms with Crippen molar-refractivity contribution in [3.05, 3.63) is 353 Å². The van der Waals surface area contributed by atoms with E-state index in [-0.39, 0.29) is 0 Å². The number of benzene rings is 14. The Balaban J connectivity index is 0.900. The Hall–Kier alpha value is -11.7. The molecule has 1 atom stereocenters. The summed E-state index contributed by atoms with van der Waals surface area (Å²) in [6, 6.07) is 109. The molecule has 0 saturated carbocycles. The maximum absolute atomic E-state index is 6.71. The van der Waals surface area contributed by atoms with Gasteiger partial charge in [0.15, 0.2) is 23.0 Å². The zero-order chi connectivity index (χ0) is 60.0. The van der Waals surface area contributed by atoms with Gasteiger partial charge in [0.2, 0.25) is 0 Å². The third-order valence-corrected chi connectivity index (χ3v) is 21.3. The van der Waals surface area contributed by atoms with Crippen molar-refractivity contribution in [3.8, 4) is 78.6 Å². The summed E-state index contributed by atoms with van der Waals surface area (Å²) in [4.78, 5) is 4.80. The number of nitrogens with zero attached hydrogens (tertiary/aromatic N) is 2. The molecule has 0 N–H and O–H groups in total. The van der Waals surface area contributed by atoms with Crippen molar-refractivity contribution in [2.75, 3.05) is 9.80 Å². The Morgan fingerprint density at radius 2 is 0.630 bits per heavy atom. The lowest BCUT2D eigenvalue weighted by Gasteiger charge is -2.34. The maximum atomic E-state index is 6.71. The van der Waals surface area contributed by atoms with Crippen molar-refractivity contribution >= 4 is 61.2 Å². The summed E-state index contributed by atoms with van der Waals surface area (Å²) in [7, 11) is 0. The molecule has 4 heteroatoms. The summed E-state index contributed by atoms with van der Waals surface area (Å²) in [6.45, 7) is 0. The van der Waals surface area contributed by atoms with E-state index in [4.69, 9.17) is 9.47 Å². The van der Waals surface area contributed by atoms with Crippen LogP contribution in [0.5, 0.6) is 23.0 Å². The SMILES string of the molecule is C1=CC2=C(CC1)c1ccccc1C21c2ccccc2-c2ccc(-c3c4ccc(N5c6ccccc6Oc6ccccc65)cc4c(-c4ccc5c(c4)C4(c6ccccc6-c6ccccc64)c4ccccc4-5)c4ccc(N5c6ccccc6Oc6ccccc65)cc34)cc21. The minimum atomic E-state index is -0.545. The Bertz CT molecular complexity index is 5550. The van der Waals surface area contributed by atoms with Gasteiger partial charge in [0, 0.05) is 11.4 Å². The summed E-state index contributed by atoms with van der Waals surface area (Å²) in [5.74, 6) is 3.27. The minimum absolute atomic E-state index is 0.498. The van der Waals surface area contributed by atoms with Crippen molar-refractivity contribution in [1.82, 2.24) is 0 Å². The lowest BCUT2D eigenvalue weighted by molar-refractivity contribution is 0.477. The number of fused-ring (bicyclic) bond motifs is 25. The molecule has 7 aliphatic rings. The normalized spacial score (nSPS) is 16.3. The fraction of sp³-hybridized carbons (Fsp3) is 0.0455. The molecule has 1 unspecified atom stereocenters. The molecule has 0 radical (unpaired) electrons. The maximum Gasteiger partial charge on any atom is 0.151 e. The molecule has 0 aromatic heterocycles. The molecule has 4 nitrogen and oxygen atoms in total. The van der Waals surface area contributed by atoms with Gasteiger partial charge in [-0.25, -0.2) is 0 Å². The van der Waals surface area contributed by atoms with Gasteiger partial charge in [-0.3, -0.25) is 0 Å². The molecule has 428 valence electrons. The lowest BCUT2D eigenvalue weighted by atomic mass is 9.68. The van der Waals surface area contributed by atoms with Crippen LogP contribution in [0, 0.1) is 0 Å². The van der Waals surface area contributed by atoms with E-state index in [1.165, 1.54) is 106 Å². The van der Waals surface area contributed by atoms with Gasteiger partial charge in [0.1, 0.15) is 0 Å². The van der Waals surface area contributed by atoms with Crippen molar-refractivity contribution in [1.29, 1.82) is 0 Å². The second-order valence-corrected chi connectivity index (χ2v) is 25.5. The number of allylic oxidation sites excluding steroid dienone is 4. The van der Waals surface area contributed by atoms with E-state index in [9.17, 15) is 0 Å². The highest BCUT2D eigenvalue weighted by molar-refractivity contribution is 6.23. The third kappa shape index (κ3) is 6.40. The Morgan fingerprint density at radius 3 is 1.07 bits per heavy atom. The van der Waals surface area contributed by atoms with E-state index in [0.29, 0.717) is 0 Å². The fourth-order valence-corrected chi connectivity index (χ4v) is 17.8. The predicted octanol–water partition coefficient (Wildman–Crippen LogP) is 23.3. The van der Waals surface area contributed by atoms with Crippen molar-refractivity contribution in [2.45, 2.75) is 23.7 Å². The first-order chi connectivity index (χ1) is 45.6. The van der Waals surface area contributed by atoms with Gasteiger partial charge in [0.05, 0.1) is 33.6 Å². The summed E-state index contributed by atoms with van der Waals surface area (Å²) in [5.41, 5.74) is 31.0. The van der Waals surface area contributed by atoms with Crippen LogP contribution in [0.2, 0.25) is 0 Å². The Kier molecular flexibility index (Phi) is 10.1. The van der Waals surface area contributed by atoms with Gasteiger partial charge in [0.25, 0.3) is 0 Å². The van der Waals surface area contributed by atoms with Crippen LogP contribution in [0.1, 0.15) is 57.3 Å². The van der Waals surface area contributed by atoms with Gasteiger partial charge in [-0.05, 0) is 231 Å². The molecule has 0 amide bonds. The predicted molar refractivity (Wildman–Crippen MR) is 375 cm³/mol. The van der Waals surface area contributed by atoms with Gasteiger partial charge >= 0.3 is 0 Å². The van der Waals surface area contributed by atoms with E-state index in [1.807, 2.05) is 0 Å². The molecule has 2 spiro atoms. The van der Waals surface area contributed by atoms with E-state index in [1.54, 1.807) is 0 Å². The molecule has 2 heterocycles. The van der Waals surface area contributed by atoms with Crippen LogP contribution in [0.25, 0.3) is 82.8 Å². The average molecular weight is 1170 g/mol. The highest BCUT2D eigenvalue weighted by Crippen LogP contribution is 2.66. The summed E-state index contributed by atoms with van der Waals surface area (Å²) in [5, 5.41) is 4.63. The van der Waals surface area contributed by atoms with Crippen molar-refractivity contribution < 1.29 is 9.47 Å². The summed E-state index contributed by atoms with van der Waals surface area (Å²) in [6.07, 6.45) is 6.93. The fourth-order valence-electron chi connectivity index (χ4n) is 17.8. The summed E-state index contributed by atoms with van der Waals surface area (Å²) < 4.78 is 13.4. The molecule has 92 heavy (non-hydrogen) atoms. The first-order valence-electron chi connectivity index (χ1n) is 32.2. The smallest absolute Gasteiger partial charge is 0.151 e. The van der Waals surface area contributed by atoms with Crippen LogP contribution < -0.4 is 19.3 Å². The number of para-hydroxylation sites is 8. The van der Waals surface area contributed by atoms with Crippen molar-refractivity contribution in [2.24, 2.45) is 0 Å². The van der Waals surface area contributed by atoms with Crippen LogP contribution in [0.3, 0.4) is 0 Å². The first-order valence-corrected chi connectivity index (χ1v) is 32.2. The molecule has 21 rings (SSSR count). The molecule has 5 aliphatic carbocycles. The van der Waals surface area contributed by atoms with E-state index < -0.39 is 10.8 Å². The Morgan fingerprint density at radius 1 is 0.283 bits per heavy atom. The van der Waals surface area contributed by atoms with Crippen LogP contribution in [0.15, 0.2) is 309 Å². The van der Waals surface area contributed by atoms with Gasteiger partial charge in [-0.1, -0.05) is 218 Å². The van der Waals surface area contributed by atoms with Crippen LogP contribution in [-0.2, 0) is 10.8 Å². The molecular weight excluding hydrogens is 1120 g/mol. The standard InChI is InChI=1S/C88H54N2O2/c1-7-27-69-57(21-1)58-22-2-8-28-70(58)87(69)73-31-11-5-25-61(73)63-45-41-53(49-75(63)87)85-65-47-43-56(90-79-35-15-19-39-83(79)92-84-40-20-16-36-80(84)90)52-68(65)86(66-48-44-55(51-67(66)85)89-77-33-13-17-37-81(77)91-82-38-18-14-34-78(82)89)54-42-46-64-62-26-6-12-32-74(62)88(76(64)50-54)71-29-9-3-23-59(71)60-24-4-10-30-72(60)88/h1-3,5-23,25-52H,4,24H2. The lowest BCUT2D eigenvalue weighted by Crippen LogP contribution is -2.27. The number of hydrogen-bond donors (Lipinski definition) is 0. The highest BCUT2D eigenvalue weighted by atomic mass is 16.5. The third-order valence-electron chi connectivity index (χ3n) is 21.3. The molecule has 14 aromatic rings. The highest BCUT2D eigenvalue weighted by Gasteiger charge is 2.54. The van der Waals surface area contributed by atoms with E-state index in [0.717, 1.165) is 97.1 Å². The second-order valence-electron chi connectivity index (χ2n) is 25.5. The second kappa shape index (κ2) is 18.4. The molecule has 0 fully saturated rings.